The van der Waals surface area contributed by atoms with Gasteiger partial charge in [0.05, 0.1) is 6.42 Å². The predicted octanol–water partition coefficient (Wildman–Crippen LogP) is 1.35. The average molecular weight is 274 g/mol. The maximum atomic E-state index is 11.0. The number of nitrogens with one attached hydrogen (secondary N) is 1. The summed E-state index contributed by atoms with van der Waals surface area (Å²) in [6.07, 6.45) is 0.118. The fourth-order valence-corrected chi connectivity index (χ4v) is 3.73. The summed E-state index contributed by atoms with van der Waals surface area (Å²) in [4.78, 5) is 13.5. The predicted molar refractivity (Wildman–Crippen MR) is 77.5 cm³/mol. The molecule has 108 valence electrons. The zero-order chi connectivity index (χ0) is 14.1. The van der Waals surface area contributed by atoms with Crippen LogP contribution in [0.25, 0.3) is 0 Å². The molecule has 2 N–H and O–H groups in total. The highest BCUT2D eigenvalue weighted by Crippen LogP contribution is 2.33. The third-order valence-electron chi connectivity index (χ3n) is 4.89. The van der Waals surface area contributed by atoms with Gasteiger partial charge >= 0.3 is 5.97 Å². The lowest BCUT2D eigenvalue weighted by molar-refractivity contribution is -0.136. The second kappa shape index (κ2) is 5.54. The first-order valence-electron chi connectivity index (χ1n) is 7.38. The fraction of sp³-hybridized carbons (Fsp3) is 0.562. The van der Waals surface area contributed by atoms with E-state index in [0.717, 1.165) is 49.1 Å². The minimum absolute atomic E-state index is 0.118. The summed E-state index contributed by atoms with van der Waals surface area (Å²) in [5.74, 6) is 0.756. The molecular formula is C16H22N2O2. The summed E-state index contributed by atoms with van der Waals surface area (Å²) < 4.78 is 0. The lowest BCUT2D eigenvalue weighted by Gasteiger charge is -2.25. The van der Waals surface area contributed by atoms with Crippen LogP contribution in [0, 0.1) is 11.8 Å². The summed E-state index contributed by atoms with van der Waals surface area (Å²) >= 11 is 0. The number of hydrogen-bond acceptors (Lipinski definition) is 3. The first-order chi connectivity index (χ1) is 9.65. The van der Waals surface area contributed by atoms with E-state index < -0.39 is 5.97 Å². The number of rotatable bonds is 4. The summed E-state index contributed by atoms with van der Waals surface area (Å²) in [7, 11) is 0. The molecule has 3 unspecified atom stereocenters. The normalized spacial score (nSPS) is 29.6. The summed E-state index contributed by atoms with van der Waals surface area (Å²) in [6, 6.07) is 8.51. The summed E-state index contributed by atoms with van der Waals surface area (Å²) in [6.45, 7) is 6.55. The Morgan fingerprint density at radius 1 is 1.35 bits per heavy atom. The Bertz CT molecular complexity index is 503. The molecule has 0 amide bonds. The van der Waals surface area contributed by atoms with Gasteiger partial charge in [0.25, 0.3) is 0 Å². The van der Waals surface area contributed by atoms with Crippen molar-refractivity contribution in [1.82, 2.24) is 10.2 Å². The van der Waals surface area contributed by atoms with E-state index in [2.05, 4.69) is 23.2 Å². The maximum absolute atomic E-state index is 11.0. The molecule has 2 heterocycles. The van der Waals surface area contributed by atoms with Crippen molar-refractivity contribution >= 4 is 5.97 Å². The van der Waals surface area contributed by atoms with Crippen LogP contribution in [0.3, 0.4) is 0 Å². The van der Waals surface area contributed by atoms with Gasteiger partial charge in [-0.25, -0.2) is 0 Å². The highest BCUT2D eigenvalue weighted by Gasteiger charge is 2.41. The first-order valence-corrected chi connectivity index (χ1v) is 7.38. The monoisotopic (exact) mass is 274 g/mol. The van der Waals surface area contributed by atoms with Crippen LogP contribution >= 0.6 is 0 Å². The molecule has 3 atom stereocenters. The lowest BCUT2D eigenvalue weighted by atomic mass is 9.95. The van der Waals surface area contributed by atoms with Crippen LogP contribution in [0.15, 0.2) is 24.3 Å². The average Bonchev–Trinajstić information content (AvgIpc) is 2.96. The number of nitrogens with zero attached hydrogens (tertiary/aromatic N) is 1. The number of hydrogen-bond donors (Lipinski definition) is 2. The van der Waals surface area contributed by atoms with Gasteiger partial charge in [-0.3, -0.25) is 9.69 Å². The van der Waals surface area contributed by atoms with Gasteiger partial charge < -0.3 is 10.4 Å². The Hall–Kier alpha value is -1.39. The molecule has 0 aliphatic carbocycles. The number of carbonyl (C=O) groups is 1. The van der Waals surface area contributed by atoms with Crippen LogP contribution in [0.5, 0.6) is 0 Å². The Morgan fingerprint density at radius 3 is 2.80 bits per heavy atom. The van der Waals surface area contributed by atoms with Crippen molar-refractivity contribution in [3.8, 4) is 0 Å². The molecule has 0 spiro atoms. The minimum atomic E-state index is -0.756. The van der Waals surface area contributed by atoms with E-state index in [1.807, 2.05) is 18.2 Å². The summed E-state index contributed by atoms with van der Waals surface area (Å²) in [5, 5.41) is 12.5. The number of benzene rings is 1. The van der Waals surface area contributed by atoms with Gasteiger partial charge in [0, 0.05) is 19.1 Å². The first kappa shape index (κ1) is 13.6. The van der Waals surface area contributed by atoms with Crippen LogP contribution < -0.4 is 5.32 Å². The van der Waals surface area contributed by atoms with Crippen molar-refractivity contribution in [2.24, 2.45) is 11.8 Å². The number of fused-ring (bicyclic) bond motifs is 1. The molecule has 4 heteroatoms. The molecule has 0 radical (unpaired) electrons. The summed E-state index contributed by atoms with van der Waals surface area (Å²) in [5.41, 5.74) is 2.11. The van der Waals surface area contributed by atoms with Crippen LogP contribution in [0.2, 0.25) is 0 Å². The maximum Gasteiger partial charge on any atom is 0.307 e. The van der Waals surface area contributed by atoms with E-state index in [1.165, 1.54) is 0 Å². The highest BCUT2D eigenvalue weighted by molar-refractivity contribution is 5.70. The van der Waals surface area contributed by atoms with Crippen molar-refractivity contribution in [2.75, 3.05) is 19.6 Å². The van der Waals surface area contributed by atoms with E-state index in [4.69, 9.17) is 5.11 Å². The van der Waals surface area contributed by atoms with Gasteiger partial charge in [-0.1, -0.05) is 24.3 Å². The number of aliphatic carboxylic acids is 1. The Morgan fingerprint density at radius 2 is 2.10 bits per heavy atom. The molecule has 20 heavy (non-hydrogen) atoms. The zero-order valence-electron chi connectivity index (χ0n) is 11.9. The topological polar surface area (TPSA) is 52.6 Å². The van der Waals surface area contributed by atoms with E-state index in [1.54, 1.807) is 0 Å². The third-order valence-corrected chi connectivity index (χ3v) is 4.89. The van der Waals surface area contributed by atoms with Gasteiger partial charge in [-0.15, -0.1) is 0 Å². The van der Waals surface area contributed by atoms with Crippen LogP contribution in [0.1, 0.15) is 18.1 Å². The van der Waals surface area contributed by atoms with Crippen LogP contribution in [-0.4, -0.2) is 41.7 Å². The Balaban J connectivity index is 1.73. The largest absolute Gasteiger partial charge is 0.481 e. The smallest absolute Gasteiger partial charge is 0.307 e. The van der Waals surface area contributed by atoms with E-state index >= 15 is 0 Å². The molecule has 2 saturated heterocycles. The zero-order valence-corrected chi connectivity index (χ0v) is 11.9. The van der Waals surface area contributed by atoms with Gasteiger partial charge in [0.1, 0.15) is 0 Å². The molecule has 4 nitrogen and oxygen atoms in total. The van der Waals surface area contributed by atoms with Gasteiger partial charge in [0.15, 0.2) is 0 Å². The molecule has 1 aromatic rings. The van der Waals surface area contributed by atoms with Crippen molar-refractivity contribution in [2.45, 2.75) is 25.9 Å². The quantitative estimate of drug-likeness (QED) is 0.870. The molecule has 0 saturated carbocycles. The third kappa shape index (κ3) is 2.58. The second-order valence-corrected chi connectivity index (χ2v) is 6.09. The highest BCUT2D eigenvalue weighted by atomic mass is 16.4. The molecule has 0 aromatic heterocycles. The molecule has 2 aliphatic heterocycles. The van der Waals surface area contributed by atoms with Gasteiger partial charge in [-0.2, -0.15) is 0 Å². The molecular weight excluding hydrogens is 252 g/mol. The van der Waals surface area contributed by atoms with Gasteiger partial charge in [0.2, 0.25) is 0 Å². The van der Waals surface area contributed by atoms with Crippen molar-refractivity contribution in [1.29, 1.82) is 0 Å². The molecule has 1 aromatic carbocycles. The van der Waals surface area contributed by atoms with Gasteiger partial charge in [-0.05, 0) is 43.0 Å². The SMILES string of the molecule is CC1C2CNCC2CN1Cc1ccccc1CC(=O)O. The molecule has 2 aliphatic rings. The van der Waals surface area contributed by atoms with Crippen molar-refractivity contribution < 1.29 is 9.90 Å². The van der Waals surface area contributed by atoms with Crippen LogP contribution in [-0.2, 0) is 17.8 Å². The number of carboxylic acids is 1. The Labute approximate surface area is 119 Å². The standard InChI is InChI=1S/C16H22N2O2/c1-11-15-8-17-7-14(15)10-18(11)9-13-5-3-2-4-12(13)6-16(19)20/h2-5,11,14-15,17H,6-10H2,1H3,(H,19,20). The van der Waals surface area contributed by atoms with E-state index in [0.29, 0.717) is 6.04 Å². The Kier molecular flexibility index (Phi) is 3.76. The molecule has 3 rings (SSSR count). The minimum Gasteiger partial charge on any atom is -0.481 e. The van der Waals surface area contributed by atoms with Crippen molar-refractivity contribution in [3.63, 3.8) is 0 Å². The number of carboxylic acid groups (broad SMARTS) is 1. The molecule has 2 fully saturated rings. The van der Waals surface area contributed by atoms with Crippen LogP contribution in [0.4, 0.5) is 0 Å². The second-order valence-electron chi connectivity index (χ2n) is 6.09. The lowest BCUT2D eigenvalue weighted by Crippen LogP contribution is -2.33. The molecule has 0 bridgehead atoms. The van der Waals surface area contributed by atoms with E-state index in [9.17, 15) is 4.79 Å². The number of likely N-dealkylation sites (tertiary alicyclic amines) is 1. The van der Waals surface area contributed by atoms with E-state index in [-0.39, 0.29) is 6.42 Å². The fourth-order valence-electron chi connectivity index (χ4n) is 3.73. The van der Waals surface area contributed by atoms with Crippen molar-refractivity contribution in [3.05, 3.63) is 35.4 Å².